The quantitative estimate of drug-likeness (QED) is 0.0419. The molecule has 1 amide bonds. The van der Waals surface area contributed by atoms with Crippen LogP contribution in [0.2, 0.25) is 0 Å². The molecule has 0 aromatic heterocycles. The molecule has 0 saturated heterocycles. The van der Waals surface area contributed by atoms with Gasteiger partial charge in [0.25, 0.3) is 0 Å². The topological polar surface area (TPSA) is 95.9 Å². The summed E-state index contributed by atoms with van der Waals surface area (Å²) in [4.78, 5) is 26.0. The number of nitrogens with one attached hydrogen (secondary N) is 1. The summed E-state index contributed by atoms with van der Waals surface area (Å²) in [6.07, 6.45) is 51.8. The molecule has 0 rings (SSSR count). The molecule has 3 unspecified atom stereocenters. The first-order chi connectivity index (χ1) is 29.0. The van der Waals surface area contributed by atoms with Crippen LogP contribution in [0.15, 0.2) is 0 Å². The third-order valence-corrected chi connectivity index (χ3v) is 12.7. The van der Waals surface area contributed by atoms with Gasteiger partial charge in [0, 0.05) is 6.42 Å². The van der Waals surface area contributed by atoms with E-state index in [1.54, 1.807) is 0 Å². The van der Waals surface area contributed by atoms with Gasteiger partial charge in [0.2, 0.25) is 5.91 Å². The molecule has 59 heavy (non-hydrogen) atoms. The monoisotopic (exact) mass is 836 g/mol. The molecule has 0 heterocycles. The lowest BCUT2D eigenvalue weighted by molar-refractivity contribution is -0.151. The first-order valence-corrected chi connectivity index (χ1v) is 26.8. The normalized spacial score (nSPS) is 13.1. The SMILES string of the molecule is CCCCCCCCCCCCCCCCCCCCC(=O)OC(CCCCCCCCC)CC(=O)NC(CO)C(O)CCCCCCCCCCCCCCCCC. The fourth-order valence-electron chi connectivity index (χ4n) is 8.61. The second-order valence-corrected chi connectivity index (χ2v) is 18.6. The number of carbonyl (C=O) groups excluding carboxylic acids is 2. The van der Waals surface area contributed by atoms with Gasteiger partial charge >= 0.3 is 5.97 Å². The molecule has 0 bridgehead atoms. The predicted molar refractivity (Wildman–Crippen MR) is 255 cm³/mol. The van der Waals surface area contributed by atoms with Crippen LogP contribution in [0.25, 0.3) is 0 Å². The van der Waals surface area contributed by atoms with Crippen LogP contribution in [-0.4, -0.2) is 46.9 Å². The van der Waals surface area contributed by atoms with Gasteiger partial charge in [-0.1, -0.05) is 265 Å². The highest BCUT2D eigenvalue weighted by Crippen LogP contribution is 2.19. The van der Waals surface area contributed by atoms with Crippen molar-refractivity contribution in [2.75, 3.05) is 6.61 Å². The first kappa shape index (κ1) is 57.9. The summed E-state index contributed by atoms with van der Waals surface area (Å²) in [5, 5.41) is 23.7. The Balaban J connectivity index is 4.27. The highest BCUT2D eigenvalue weighted by molar-refractivity contribution is 5.77. The lowest BCUT2D eigenvalue weighted by Gasteiger charge is -2.24. The maximum absolute atomic E-state index is 13.1. The van der Waals surface area contributed by atoms with E-state index in [1.807, 2.05) is 0 Å². The molecule has 352 valence electrons. The molecule has 0 aromatic carbocycles. The van der Waals surface area contributed by atoms with Gasteiger partial charge in [0.15, 0.2) is 0 Å². The fraction of sp³-hybridized carbons (Fsp3) is 0.962. The Labute approximate surface area is 368 Å². The second kappa shape index (κ2) is 47.9. The van der Waals surface area contributed by atoms with Crippen molar-refractivity contribution in [3.8, 4) is 0 Å². The largest absolute Gasteiger partial charge is 0.462 e. The average Bonchev–Trinajstić information content (AvgIpc) is 3.23. The van der Waals surface area contributed by atoms with Crippen molar-refractivity contribution in [2.45, 2.75) is 322 Å². The van der Waals surface area contributed by atoms with Crippen molar-refractivity contribution in [2.24, 2.45) is 0 Å². The number of ether oxygens (including phenoxy) is 1. The summed E-state index contributed by atoms with van der Waals surface area (Å²) in [5.74, 6) is -0.456. The molecule has 0 fully saturated rings. The van der Waals surface area contributed by atoms with Crippen LogP contribution in [0.4, 0.5) is 0 Å². The van der Waals surface area contributed by atoms with Crippen molar-refractivity contribution >= 4 is 11.9 Å². The van der Waals surface area contributed by atoms with Crippen LogP contribution in [0, 0.1) is 0 Å². The molecule has 6 nitrogen and oxygen atoms in total. The summed E-state index contributed by atoms with van der Waals surface area (Å²) < 4.78 is 5.91. The number of hydrogen-bond donors (Lipinski definition) is 3. The minimum absolute atomic E-state index is 0.0862. The van der Waals surface area contributed by atoms with Gasteiger partial charge in [-0.2, -0.15) is 0 Å². The highest BCUT2D eigenvalue weighted by atomic mass is 16.5. The van der Waals surface area contributed by atoms with E-state index in [4.69, 9.17) is 4.74 Å². The molecular weight excluding hydrogens is 731 g/mol. The smallest absolute Gasteiger partial charge is 0.306 e. The Kier molecular flexibility index (Phi) is 47.0. The van der Waals surface area contributed by atoms with Crippen molar-refractivity contribution in [3.05, 3.63) is 0 Å². The van der Waals surface area contributed by atoms with Crippen LogP contribution in [-0.2, 0) is 14.3 Å². The maximum atomic E-state index is 13.1. The lowest BCUT2D eigenvalue weighted by atomic mass is 10.0. The van der Waals surface area contributed by atoms with Crippen LogP contribution in [0.3, 0.4) is 0 Å². The number of unbranched alkanes of at least 4 members (excludes halogenated alkanes) is 37. The van der Waals surface area contributed by atoms with Gasteiger partial charge in [-0.3, -0.25) is 9.59 Å². The first-order valence-electron chi connectivity index (χ1n) is 26.8. The summed E-state index contributed by atoms with van der Waals surface area (Å²) >= 11 is 0. The van der Waals surface area contributed by atoms with Crippen LogP contribution in [0.1, 0.15) is 303 Å². The number of aliphatic hydroxyl groups excluding tert-OH is 2. The van der Waals surface area contributed by atoms with Gasteiger partial charge < -0.3 is 20.3 Å². The second-order valence-electron chi connectivity index (χ2n) is 18.6. The Morgan fingerprint density at radius 1 is 0.424 bits per heavy atom. The third-order valence-electron chi connectivity index (χ3n) is 12.7. The van der Waals surface area contributed by atoms with E-state index in [2.05, 4.69) is 26.1 Å². The van der Waals surface area contributed by atoms with E-state index in [1.165, 1.54) is 218 Å². The Morgan fingerprint density at radius 3 is 1.03 bits per heavy atom. The molecule has 0 spiro atoms. The van der Waals surface area contributed by atoms with E-state index in [0.717, 1.165) is 38.5 Å². The Morgan fingerprint density at radius 2 is 0.712 bits per heavy atom. The molecule has 0 saturated carbocycles. The standard InChI is InChI=1S/C53H105NO5/c1-4-7-10-13-16-18-20-22-24-25-26-28-30-32-34-37-40-43-46-53(58)59-49(44-41-38-35-15-12-9-6-3)47-52(57)54-50(48-55)51(56)45-42-39-36-33-31-29-27-23-21-19-17-14-11-8-5-2/h49-51,55-56H,4-48H2,1-3H3,(H,54,57). The number of carbonyl (C=O) groups is 2. The van der Waals surface area contributed by atoms with Crippen LogP contribution < -0.4 is 5.32 Å². The molecule has 0 aliphatic rings. The molecule has 0 radical (unpaired) electrons. The maximum Gasteiger partial charge on any atom is 0.306 e. The molecular formula is C53H105NO5. The van der Waals surface area contributed by atoms with Gasteiger partial charge in [0.1, 0.15) is 6.10 Å². The minimum atomic E-state index is -0.778. The molecule has 3 N–H and O–H groups in total. The number of hydrogen-bond acceptors (Lipinski definition) is 5. The summed E-state index contributed by atoms with van der Waals surface area (Å²) in [7, 11) is 0. The van der Waals surface area contributed by atoms with E-state index < -0.39 is 18.2 Å². The van der Waals surface area contributed by atoms with Gasteiger partial charge in [0.05, 0.1) is 25.2 Å². The number of aliphatic hydroxyl groups is 2. The lowest BCUT2D eigenvalue weighted by Crippen LogP contribution is -2.46. The van der Waals surface area contributed by atoms with E-state index in [-0.39, 0.29) is 24.9 Å². The molecule has 0 aliphatic carbocycles. The predicted octanol–water partition coefficient (Wildman–Crippen LogP) is 16.0. The zero-order chi connectivity index (χ0) is 43.1. The summed E-state index contributed by atoms with van der Waals surface area (Å²) in [6.45, 7) is 6.49. The minimum Gasteiger partial charge on any atom is -0.462 e. The Hall–Kier alpha value is -1.14. The Bertz CT molecular complexity index is 852. The third kappa shape index (κ3) is 43.3. The van der Waals surface area contributed by atoms with Crippen molar-refractivity contribution in [1.29, 1.82) is 0 Å². The van der Waals surface area contributed by atoms with Crippen molar-refractivity contribution < 1.29 is 24.5 Å². The van der Waals surface area contributed by atoms with E-state index in [9.17, 15) is 19.8 Å². The van der Waals surface area contributed by atoms with Crippen LogP contribution >= 0.6 is 0 Å². The zero-order valence-electron chi connectivity index (χ0n) is 40.2. The van der Waals surface area contributed by atoms with Crippen LogP contribution in [0.5, 0.6) is 0 Å². The van der Waals surface area contributed by atoms with Crippen molar-refractivity contribution in [1.82, 2.24) is 5.32 Å². The van der Waals surface area contributed by atoms with Gasteiger partial charge in [-0.15, -0.1) is 0 Å². The van der Waals surface area contributed by atoms with Gasteiger partial charge in [-0.25, -0.2) is 0 Å². The molecule has 0 aromatic rings. The number of esters is 1. The van der Waals surface area contributed by atoms with Crippen molar-refractivity contribution in [3.63, 3.8) is 0 Å². The average molecular weight is 836 g/mol. The number of amides is 1. The zero-order valence-corrected chi connectivity index (χ0v) is 40.2. The molecule has 3 atom stereocenters. The highest BCUT2D eigenvalue weighted by Gasteiger charge is 2.24. The summed E-state index contributed by atoms with van der Waals surface area (Å²) in [5.41, 5.74) is 0. The van der Waals surface area contributed by atoms with Gasteiger partial charge in [-0.05, 0) is 25.7 Å². The fourth-order valence-corrected chi connectivity index (χ4v) is 8.61. The van der Waals surface area contributed by atoms with E-state index >= 15 is 0 Å². The molecule has 0 aliphatic heterocycles. The molecule has 6 heteroatoms. The number of rotatable bonds is 49. The van der Waals surface area contributed by atoms with E-state index in [0.29, 0.717) is 19.3 Å². The summed E-state index contributed by atoms with van der Waals surface area (Å²) in [6, 6.07) is -0.691.